The van der Waals surface area contributed by atoms with Crippen molar-refractivity contribution in [3.8, 4) is 6.07 Å². The van der Waals surface area contributed by atoms with Crippen LogP contribution < -0.4 is 4.57 Å². The van der Waals surface area contributed by atoms with Crippen molar-refractivity contribution in [2.45, 2.75) is 71.9 Å². The molecule has 0 saturated carbocycles. The molecule has 0 aliphatic rings. The molecule has 0 aliphatic heterocycles. The van der Waals surface area contributed by atoms with Crippen molar-refractivity contribution in [1.82, 2.24) is 4.57 Å². The number of carboxylic acids is 1. The third-order valence-corrected chi connectivity index (χ3v) is 3.68. The van der Waals surface area contributed by atoms with E-state index in [9.17, 15) is 15.2 Å². The van der Waals surface area contributed by atoms with Gasteiger partial charge in [-0.1, -0.05) is 26.7 Å². The molecular formula is C16H26N3O2+. The lowest BCUT2D eigenvalue weighted by molar-refractivity contribution is -0.713. The first kappa shape index (κ1) is 17.2. The number of nitriles is 1. The highest BCUT2D eigenvalue weighted by molar-refractivity contribution is 5.66. The molecule has 21 heavy (non-hydrogen) atoms. The maximum Gasteiger partial charge on any atom is 0.346 e. The SMILES string of the molecule is CCCCc1c[n+](C(C)C#N)c(CCCC)n1CC(=O)O. The second-order valence-corrected chi connectivity index (χ2v) is 5.44. The van der Waals surface area contributed by atoms with Crippen molar-refractivity contribution in [3.05, 3.63) is 17.7 Å². The Kier molecular flexibility index (Phi) is 6.93. The highest BCUT2D eigenvalue weighted by atomic mass is 16.4. The lowest BCUT2D eigenvalue weighted by Gasteiger charge is -2.05. The fourth-order valence-electron chi connectivity index (χ4n) is 2.49. The van der Waals surface area contributed by atoms with Crippen LogP contribution in [-0.4, -0.2) is 15.6 Å². The Morgan fingerprint density at radius 1 is 1.38 bits per heavy atom. The van der Waals surface area contributed by atoms with E-state index in [0.717, 1.165) is 50.0 Å². The Balaban J connectivity index is 3.25. The predicted molar refractivity (Wildman–Crippen MR) is 79.8 cm³/mol. The first-order valence-electron chi connectivity index (χ1n) is 7.78. The van der Waals surface area contributed by atoms with Crippen molar-refractivity contribution < 1.29 is 14.5 Å². The molecule has 0 spiro atoms. The average Bonchev–Trinajstić information content (AvgIpc) is 2.79. The number of unbranched alkanes of at least 4 members (excludes halogenated alkanes) is 2. The molecule has 1 unspecified atom stereocenters. The van der Waals surface area contributed by atoms with E-state index in [1.807, 2.05) is 22.3 Å². The summed E-state index contributed by atoms with van der Waals surface area (Å²) in [6, 6.07) is 1.98. The summed E-state index contributed by atoms with van der Waals surface area (Å²) in [6.45, 7) is 6.06. The molecule has 1 aromatic rings. The topological polar surface area (TPSA) is 69.9 Å². The molecule has 0 aromatic carbocycles. The molecule has 0 aliphatic carbocycles. The lowest BCUT2D eigenvalue weighted by Crippen LogP contribution is -2.40. The van der Waals surface area contributed by atoms with Crippen molar-refractivity contribution >= 4 is 5.97 Å². The molecule has 1 rings (SSSR count). The van der Waals surface area contributed by atoms with Gasteiger partial charge in [0.15, 0.2) is 12.6 Å². The third kappa shape index (κ3) is 4.59. The van der Waals surface area contributed by atoms with Crippen molar-refractivity contribution in [3.63, 3.8) is 0 Å². The van der Waals surface area contributed by atoms with E-state index in [-0.39, 0.29) is 12.6 Å². The van der Waals surface area contributed by atoms with Crippen LogP contribution in [0, 0.1) is 11.3 Å². The average molecular weight is 292 g/mol. The van der Waals surface area contributed by atoms with Gasteiger partial charge in [-0.25, -0.2) is 13.9 Å². The first-order chi connectivity index (χ1) is 10.0. The standard InChI is InChI=1S/C16H25N3O2/c1-4-6-8-14-11-18(13(3)10-17)15(9-7-5-2)19(14)12-16(20)21/h11,13H,4-9,12H2,1-3H3/p+1. The smallest absolute Gasteiger partial charge is 0.346 e. The maximum atomic E-state index is 11.2. The number of carboxylic acid groups (broad SMARTS) is 1. The van der Waals surface area contributed by atoms with Crippen LogP contribution in [-0.2, 0) is 24.2 Å². The van der Waals surface area contributed by atoms with Gasteiger partial charge in [0, 0.05) is 12.8 Å². The van der Waals surface area contributed by atoms with E-state index in [2.05, 4.69) is 19.9 Å². The third-order valence-electron chi connectivity index (χ3n) is 3.68. The van der Waals surface area contributed by atoms with Crippen molar-refractivity contribution in [2.75, 3.05) is 0 Å². The van der Waals surface area contributed by atoms with Gasteiger partial charge in [0.05, 0.1) is 0 Å². The molecule has 0 saturated heterocycles. The van der Waals surface area contributed by atoms with Gasteiger partial charge in [-0.3, -0.25) is 0 Å². The minimum absolute atomic E-state index is 0.0246. The van der Waals surface area contributed by atoms with E-state index in [0.29, 0.717) is 0 Å². The minimum atomic E-state index is -0.835. The van der Waals surface area contributed by atoms with Crippen LogP contribution >= 0.6 is 0 Å². The first-order valence-corrected chi connectivity index (χ1v) is 7.78. The quantitative estimate of drug-likeness (QED) is 0.711. The minimum Gasteiger partial charge on any atom is -0.478 e. The summed E-state index contributed by atoms with van der Waals surface area (Å²) in [7, 11) is 0. The van der Waals surface area contributed by atoms with Gasteiger partial charge in [0.25, 0.3) is 5.82 Å². The number of carbonyl (C=O) groups is 1. The fourth-order valence-corrected chi connectivity index (χ4v) is 2.49. The van der Waals surface area contributed by atoms with E-state index in [4.69, 9.17) is 0 Å². The molecular weight excluding hydrogens is 266 g/mol. The van der Waals surface area contributed by atoms with Gasteiger partial charge >= 0.3 is 5.97 Å². The number of aliphatic carboxylic acids is 1. The molecule has 0 bridgehead atoms. The number of nitrogens with zero attached hydrogens (tertiary/aromatic N) is 3. The molecule has 0 radical (unpaired) electrons. The molecule has 1 N–H and O–H groups in total. The summed E-state index contributed by atoms with van der Waals surface area (Å²) >= 11 is 0. The van der Waals surface area contributed by atoms with Crippen LogP contribution in [0.2, 0.25) is 0 Å². The molecule has 116 valence electrons. The normalized spacial score (nSPS) is 12.1. The number of hydrogen-bond donors (Lipinski definition) is 1. The van der Waals surface area contributed by atoms with Gasteiger partial charge in [-0.05, 0) is 19.8 Å². The summed E-state index contributed by atoms with van der Waals surface area (Å²) < 4.78 is 3.84. The van der Waals surface area contributed by atoms with Gasteiger partial charge < -0.3 is 5.11 Å². The number of imidazole rings is 1. The summed E-state index contributed by atoms with van der Waals surface area (Å²) in [5.41, 5.74) is 1.02. The zero-order valence-electron chi connectivity index (χ0n) is 13.3. The summed E-state index contributed by atoms with van der Waals surface area (Å²) in [5, 5.41) is 18.4. The van der Waals surface area contributed by atoms with Crippen LogP contribution in [0.5, 0.6) is 0 Å². The maximum absolute atomic E-state index is 11.2. The molecule has 1 aromatic heterocycles. The Bertz CT molecular complexity index is 514. The van der Waals surface area contributed by atoms with Crippen molar-refractivity contribution in [2.24, 2.45) is 0 Å². The Morgan fingerprint density at radius 3 is 2.52 bits per heavy atom. The number of aromatic nitrogens is 2. The van der Waals surface area contributed by atoms with Gasteiger partial charge in [0.2, 0.25) is 0 Å². The molecule has 1 heterocycles. The second kappa shape index (κ2) is 8.46. The Labute approximate surface area is 126 Å². The second-order valence-electron chi connectivity index (χ2n) is 5.44. The zero-order chi connectivity index (χ0) is 15.8. The zero-order valence-corrected chi connectivity index (χ0v) is 13.3. The van der Waals surface area contributed by atoms with Crippen LogP contribution in [0.1, 0.15) is 64.0 Å². The van der Waals surface area contributed by atoms with E-state index in [1.54, 1.807) is 0 Å². The molecule has 5 nitrogen and oxygen atoms in total. The molecule has 0 amide bonds. The highest BCUT2D eigenvalue weighted by Gasteiger charge is 2.27. The monoisotopic (exact) mass is 292 g/mol. The van der Waals surface area contributed by atoms with Crippen LogP contribution in [0.3, 0.4) is 0 Å². The summed E-state index contributed by atoms with van der Waals surface area (Å²) in [5.74, 6) is 0.122. The summed E-state index contributed by atoms with van der Waals surface area (Å²) in [4.78, 5) is 11.2. The van der Waals surface area contributed by atoms with Crippen molar-refractivity contribution in [1.29, 1.82) is 5.26 Å². The highest BCUT2D eigenvalue weighted by Crippen LogP contribution is 2.13. The lowest BCUT2D eigenvalue weighted by atomic mass is 10.2. The van der Waals surface area contributed by atoms with Gasteiger partial charge in [-0.15, -0.1) is 0 Å². The largest absolute Gasteiger partial charge is 0.478 e. The van der Waals surface area contributed by atoms with E-state index < -0.39 is 5.97 Å². The number of aryl methyl sites for hydroxylation is 1. The van der Waals surface area contributed by atoms with E-state index >= 15 is 0 Å². The van der Waals surface area contributed by atoms with Crippen LogP contribution in [0.25, 0.3) is 0 Å². The van der Waals surface area contributed by atoms with Gasteiger partial charge in [0.1, 0.15) is 18.0 Å². The van der Waals surface area contributed by atoms with Gasteiger partial charge in [-0.2, -0.15) is 5.26 Å². The number of rotatable bonds is 9. The van der Waals surface area contributed by atoms with Crippen LogP contribution in [0.15, 0.2) is 6.20 Å². The summed E-state index contributed by atoms with van der Waals surface area (Å²) in [6.07, 6.45) is 7.76. The Hall–Kier alpha value is -1.83. The molecule has 0 fully saturated rings. The molecule has 1 atom stereocenters. The van der Waals surface area contributed by atoms with Crippen LogP contribution in [0.4, 0.5) is 0 Å². The number of hydrogen-bond acceptors (Lipinski definition) is 2. The molecule has 5 heteroatoms. The fraction of sp³-hybridized carbons (Fsp3) is 0.688. The van der Waals surface area contributed by atoms with E-state index in [1.165, 1.54) is 0 Å². The predicted octanol–water partition coefficient (Wildman–Crippen LogP) is 2.63. The Morgan fingerprint density at radius 2 is 2.00 bits per heavy atom.